The number of hydrogen-bond acceptors (Lipinski definition) is 5. The molecule has 22 heavy (non-hydrogen) atoms. The number of benzene rings is 1. The van der Waals surface area contributed by atoms with Gasteiger partial charge in [-0.05, 0) is 42.3 Å². The molecule has 110 valence electrons. The van der Waals surface area contributed by atoms with E-state index in [-0.39, 0.29) is 0 Å². The number of nitrogens with zero attached hydrogens (tertiary/aromatic N) is 3. The standard InChI is InChI=1S/C17H17N5/c1-13-4-2-6-15(10-13)21-17-19-9-7-16(22-17)20-12-14-5-3-8-18-11-14/h2-11H,12H2,1H3,(H2,19,20,21,22). The van der Waals surface area contributed by atoms with Crippen molar-refractivity contribution in [2.45, 2.75) is 13.5 Å². The maximum atomic E-state index is 4.46. The predicted octanol–water partition coefficient (Wildman–Crippen LogP) is 3.54. The molecule has 0 unspecified atom stereocenters. The zero-order valence-corrected chi connectivity index (χ0v) is 12.3. The SMILES string of the molecule is Cc1cccc(Nc2nccc(NCc3cccnc3)n2)c1. The van der Waals surface area contributed by atoms with Crippen LogP contribution < -0.4 is 10.6 Å². The highest BCUT2D eigenvalue weighted by atomic mass is 15.1. The van der Waals surface area contributed by atoms with Crippen molar-refractivity contribution in [1.82, 2.24) is 15.0 Å². The third-order valence-electron chi connectivity index (χ3n) is 3.13. The lowest BCUT2D eigenvalue weighted by Crippen LogP contribution is -2.04. The number of pyridine rings is 1. The lowest BCUT2D eigenvalue weighted by molar-refractivity contribution is 1.07. The minimum atomic E-state index is 0.571. The number of nitrogens with one attached hydrogen (secondary N) is 2. The molecular formula is C17H17N5. The fourth-order valence-corrected chi connectivity index (χ4v) is 2.06. The van der Waals surface area contributed by atoms with E-state index in [1.165, 1.54) is 5.56 Å². The maximum absolute atomic E-state index is 4.46. The van der Waals surface area contributed by atoms with Gasteiger partial charge in [-0.25, -0.2) is 4.98 Å². The van der Waals surface area contributed by atoms with E-state index in [0.717, 1.165) is 17.1 Å². The first-order chi connectivity index (χ1) is 10.8. The molecule has 2 heterocycles. The Morgan fingerprint density at radius 1 is 1.05 bits per heavy atom. The first kappa shape index (κ1) is 14.0. The molecule has 0 spiro atoms. The van der Waals surface area contributed by atoms with Crippen molar-refractivity contribution >= 4 is 17.5 Å². The monoisotopic (exact) mass is 291 g/mol. The highest BCUT2D eigenvalue weighted by molar-refractivity contribution is 5.55. The molecule has 0 aliphatic heterocycles. The van der Waals surface area contributed by atoms with E-state index in [4.69, 9.17) is 0 Å². The first-order valence-electron chi connectivity index (χ1n) is 7.09. The lowest BCUT2D eigenvalue weighted by Gasteiger charge is -2.08. The Morgan fingerprint density at radius 3 is 2.82 bits per heavy atom. The summed E-state index contributed by atoms with van der Waals surface area (Å²) in [7, 11) is 0. The van der Waals surface area contributed by atoms with Crippen molar-refractivity contribution < 1.29 is 0 Å². The summed E-state index contributed by atoms with van der Waals surface area (Å²) < 4.78 is 0. The van der Waals surface area contributed by atoms with Crippen LogP contribution in [0.2, 0.25) is 0 Å². The van der Waals surface area contributed by atoms with Gasteiger partial charge in [0.15, 0.2) is 0 Å². The Morgan fingerprint density at radius 2 is 2.00 bits per heavy atom. The van der Waals surface area contributed by atoms with Crippen molar-refractivity contribution in [3.63, 3.8) is 0 Å². The molecule has 2 aromatic heterocycles. The second-order valence-corrected chi connectivity index (χ2v) is 4.97. The average molecular weight is 291 g/mol. The Labute approximate surface area is 129 Å². The fraction of sp³-hybridized carbons (Fsp3) is 0.118. The lowest BCUT2D eigenvalue weighted by atomic mass is 10.2. The van der Waals surface area contributed by atoms with Gasteiger partial charge < -0.3 is 10.6 Å². The van der Waals surface area contributed by atoms with Crippen LogP contribution in [0, 0.1) is 6.92 Å². The van der Waals surface area contributed by atoms with Crippen LogP contribution in [0.15, 0.2) is 61.1 Å². The van der Waals surface area contributed by atoms with Crippen LogP contribution in [0.5, 0.6) is 0 Å². The van der Waals surface area contributed by atoms with E-state index in [9.17, 15) is 0 Å². The second-order valence-electron chi connectivity index (χ2n) is 4.97. The van der Waals surface area contributed by atoms with Crippen LogP contribution >= 0.6 is 0 Å². The van der Waals surface area contributed by atoms with Gasteiger partial charge in [0.05, 0.1) is 0 Å². The summed E-state index contributed by atoms with van der Waals surface area (Å²) in [5, 5.41) is 6.48. The summed E-state index contributed by atoms with van der Waals surface area (Å²) in [6, 6.07) is 13.9. The average Bonchev–Trinajstić information content (AvgIpc) is 2.54. The van der Waals surface area contributed by atoms with Crippen molar-refractivity contribution in [3.8, 4) is 0 Å². The maximum Gasteiger partial charge on any atom is 0.229 e. The summed E-state index contributed by atoms with van der Waals surface area (Å²) in [6.07, 6.45) is 5.33. The van der Waals surface area contributed by atoms with E-state index in [1.54, 1.807) is 12.4 Å². The zero-order valence-electron chi connectivity index (χ0n) is 12.3. The first-order valence-corrected chi connectivity index (χ1v) is 7.09. The Kier molecular flexibility index (Phi) is 4.25. The van der Waals surface area contributed by atoms with E-state index in [2.05, 4.69) is 44.6 Å². The molecule has 0 saturated heterocycles. The highest BCUT2D eigenvalue weighted by Gasteiger charge is 2.01. The van der Waals surface area contributed by atoms with Gasteiger partial charge in [0.2, 0.25) is 5.95 Å². The van der Waals surface area contributed by atoms with E-state index in [0.29, 0.717) is 12.5 Å². The van der Waals surface area contributed by atoms with Crippen molar-refractivity contribution in [2.24, 2.45) is 0 Å². The number of anilines is 3. The smallest absolute Gasteiger partial charge is 0.229 e. The van der Waals surface area contributed by atoms with Crippen molar-refractivity contribution in [1.29, 1.82) is 0 Å². The van der Waals surface area contributed by atoms with Crippen molar-refractivity contribution in [2.75, 3.05) is 10.6 Å². The van der Waals surface area contributed by atoms with Gasteiger partial charge in [-0.2, -0.15) is 4.98 Å². The van der Waals surface area contributed by atoms with E-state index >= 15 is 0 Å². The van der Waals surface area contributed by atoms with Crippen molar-refractivity contribution in [3.05, 3.63) is 72.2 Å². The van der Waals surface area contributed by atoms with E-state index in [1.807, 2.05) is 36.5 Å². The summed E-state index contributed by atoms with van der Waals surface area (Å²) in [4.78, 5) is 12.8. The Hall–Kier alpha value is -2.95. The third kappa shape index (κ3) is 3.79. The molecule has 5 nitrogen and oxygen atoms in total. The highest BCUT2D eigenvalue weighted by Crippen LogP contribution is 2.15. The summed E-state index contributed by atoms with van der Waals surface area (Å²) in [5.74, 6) is 1.34. The predicted molar refractivity (Wildman–Crippen MR) is 88.1 cm³/mol. The van der Waals surface area contributed by atoms with Gasteiger partial charge >= 0.3 is 0 Å². The topological polar surface area (TPSA) is 62.7 Å². The van der Waals surface area contributed by atoms with Crippen LogP contribution in [0.3, 0.4) is 0 Å². The molecule has 3 aromatic rings. The van der Waals surface area contributed by atoms with Gasteiger partial charge in [0, 0.05) is 30.8 Å². The third-order valence-corrected chi connectivity index (χ3v) is 3.13. The molecule has 2 N–H and O–H groups in total. The van der Waals surface area contributed by atoms with Crippen LogP contribution in [-0.2, 0) is 6.54 Å². The van der Waals surface area contributed by atoms with Gasteiger partial charge in [-0.15, -0.1) is 0 Å². The van der Waals surface area contributed by atoms with E-state index < -0.39 is 0 Å². The minimum absolute atomic E-state index is 0.571. The fourth-order valence-electron chi connectivity index (χ4n) is 2.06. The van der Waals surface area contributed by atoms with Gasteiger partial charge in [-0.3, -0.25) is 4.98 Å². The molecule has 0 atom stereocenters. The molecule has 3 rings (SSSR count). The number of aromatic nitrogens is 3. The molecule has 0 aliphatic rings. The van der Waals surface area contributed by atoms with Crippen LogP contribution in [0.25, 0.3) is 0 Å². The summed E-state index contributed by atoms with van der Waals surface area (Å²) in [6.45, 7) is 2.73. The molecule has 5 heteroatoms. The molecule has 0 amide bonds. The summed E-state index contributed by atoms with van der Waals surface area (Å²) in [5.41, 5.74) is 3.27. The normalized spacial score (nSPS) is 10.2. The minimum Gasteiger partial charge on any atom is -0.366 e. The molecule has 0 radical (unpaired) electrons. The largest absolute Gasteiger partial charge is 0.366 e. The molecular weight excluding hydrogens is 274 g/mol. The number of hydrogen-bond donors (Lipinski definition) is 2. The Bertz CT molecular complexity index is 743. The molecule has 0 bridgehead atoms. The zero-order chi connectivity index (χ0) is 15.2. The molecule has 0 fully saturated rings. The molecule has 1 aromatic carbocycles. The van der Waals surface area contributed by atoms with Gasteiger partial charge in [-0.1, -0.05) is 18.2 Å². The van der Waals surface area contributed by atoms with Gasteiger partial charge in [0.25, 0.3) is 0 Å². The summed E-state index contributed by atoms with van der Waals surface area (Å²) >= 11 is 0. The van der Waals surface area contributed by atoms with Crippen LogP contribution in [0.1, 0.15) is 11.1 Å². The second kappa shape index (κ2) is 6.67. The van der Waals surface area contributed by atoms with Gasteiger partial charge in [0.1, 0.15) is 5.82 Å². The number of rotatable bonds is 5. The quantitative estimate of drug-likeness (QED) is 0.753. The van der Waals surface area contributed by atoms with Crippen LogP contribution in [-0.4, -0.2) is 15.0 Å². The molecule has 0 aliphatic carbocycles. The number of aryl methyl sites for hydroxylation is 1. The van der Waals surface area contributed by atoms with Crippen LogP contribution in [0.4, 0.5) is 17.5 Å². The molecule has 0 saturated carbocycles. The Balaban J connectivity index is 1.67.